The van der Waals surface area contributed by atoms with Crippen LogP contribution in [0, 0.1) is 35.9 Å². The highest BCUT2D eigenvalue weighted by Gasteiger charge is 2.51. The van der Waals surface area contributed by atoms with Crippen molar-refractivity contribution in [1.29, 1.82) is 5.26 Å². The minimum absolute atomic E-state index is 0.0616. The van der Waals surface area contributed by atoms with Gasteiger partial charge in [-0.2, -0.15) is 5.26 Å². The Kier molecular flexibility index (Phi) is 8.02. The van der Waals surface area contributed by atoms with Gasteiger partial charge < -0.3 is 19.5 Å². The molecule has 0 unspecified atom stereocenters. The number of benzene rings is 3. The summed E-state index contributed by atoms with van der Waals surface area (Å²) in [5.41, 5.74) is 5.82. The van der Waals surface area contributed by atoms with Crippen LogP contribution in [0.1, 0.15) is 85.5 Å². The number of amides is 1. The van der Waals surface area contributed by atoms with E-state index in [4.69, 9.17) is 32.9 Å². The molecule has 10 heteroatoms. The molecule has 3 saturated heterocycles. The molecule has 2 bridgehead atoms. The van der Waals surface area contributed by atoms with E-state index in [0.29, 0.717) is 58.3 Å². The van der Waals surface area contributed by atoms with Crippen molar-refractivity contribution in [2.75, 3.05) is 13.1 Å². The number of nitrogens with one attached hydrogen (secondary N) is 1. The molecule has 6 aliphatic rings. The molecule has 7 nitrogen and oxygen atoms in total. The molecule has 0 spiro atoms. The summed E-state index contributed by atoms with van der Waals surface area (Å²) in [7, 11) is 0. The topological polar surface area (TPSA) is 83.2 Å². The Morgan fingerprint density at radius 1 is 1.08 bits per heavy atom. The van der Waals surface area contributed by atoms with Gasteiger partial charge in [-0.3, -0.25) is 4.79 Å². The van der Waals surface area contributed by atoms with Crippen LogP contribution in [-0.2, 0) is 11.2 Å². The van der Waals surface area contributed by atoms with E-state index < -0.39 is 5.82 Å². The van der Waals surface area contributed by atoms with Crippen molar-refractivity contribution < 1.29 is 13.9 Å². The number of halogens is 3. The summed E-state index contributed by atoms with van der Waals surface area (Å²) < 4.78 is 26.4. The highest BCUT2D eigenvalue weighted by Crippen LogP contribution is 2.51. The highest BCUT2D eigenvalue weighted by molar-refractivity contribution is 6.43. The number of hydrogen-bond donors (Lipinski definition) is 1. The van der Waals surface area contributed by atoms with Crippen LogP contribution in [0.2, 0.25) is 10.0 Å². The van der Waals surface area contributed by atoms with E-state index in [2.05, 4.69) is 45.1 Å². The van der Waals surface area contributed by atoms with Crippen LogP contribution < -0.4 is 10.1 Å². The average Bonchev–Trinajstić information content (AvgIpc) is 4.01. The van der Waals surface area contributed by atoms with Crippen LogP contribution >= 0.6 is 23.2 Å². The summed E-state index contributed by atoms with van der Waals surface area (Å²) in [4.78, 5) is 21.1. The van der Waals surface area contributed by atoms with Gasteiger partial charge in [0.15, 0.2) is 5.82 Å². The number of hydrogen-bond acceptors (Lipinski definition) is 5. The Morgan fingerprint density at radius 3 is 2.64 bits per heavy atom. The SMILES string of the molecule is Cc1nc2c(F)c(-c3cccc(Cl)c3Cl)c(CCC#N)cc2c2c1cc([C@H]1C[C@H](Oc3cccc(C4CC4)c3)CN1C(=O)C1CC1)n2[C@H]1[C@H]2CN[C@@H]1C2. The largest absolute Gasteiger partial charge is 0.488 e. The first-order valence-corrected chi connectivity index (χ1v) is 19.8. The van der Waals surface area contributed by atoms with E-state index >= 15 is 4.39 Å². The lowest BCUT2D eigenvalue weighted by molar-refractivity contribution is -0.133. The molecule has 5 aromatic rings. The minimum Gasteiger partial charge on any atom is -0.488 e. The number of nitriles is 1. The molecule has 1 N–H and O–H groups in total. The number of ether oxygens (including phenoxy) is 1. The molecule has 53 heavy (non-hydrogen) atoms. The predicted octanol–water partition coefficient (Wildman–Crippen LogP) is 9.61. The van der Waals surface area contributed by atoms with E-state index in [0.717, 1.165) is 53.8 Å². The zero-order chi connectivity index (χ0) is 36.1. The number of carbonyl (C=O) groups is 1. The van der Waals surface area contributed by atoms with Crippen LogP contribution in [0.4, 0.5) is 4.39 Å². The molecule has 0 radical (unpaired) electrons. The quantitative estimate of drug-likeness (QED) is 0.162. The van der Waals surface area contributed by atoms with Crippen molar-refractivity contribution >= 4 is 50.9 Å². The first-order chi connectivity index (χ1) is 25.8. The van der Waals surface area contributed by atoms with Crippen molar-refractivity contribution in [2.45, 2.75) is 88.4 Å². The summed E-state index contributed by atoms with van der Waals surface area (Å²) in [6.45, 7) is 3.40. The third kappa shape index (κ3) is 5.53. The lowest BCUT2D eigenvalue weighted by Crippen LogP contribution is -2.41. The summed E-state index contributed by atoms with van der Waals surface area (Å²) in [6.07, 6.45) is 6.46. The zero-order valence-electron chi connectivity index (χ0n) is 29.5. The van der Waals surface area contributed by atoms with Crippen LogP contribution in [-0.4, -0.2) is 45.6 Å². The lowest BCUT2D eigenvalue weighted by atomic mass is 9.79. The molecule has 2 aromatic heterocycles. The number of rotatable bonds is 9. The van der Waals surface area contributed by atoms with E-state index in [1.165, 1.54) is 18.4 Å². The molecule has 1 amide bonds. The summed E-state index contributed by atoms with van der Waals surface area (Å²) >= 11 is 13.1. The number of pyridine rings is 1. The third-order valence-corrected chi connectivity index (χ3v) is 13.3. The molecule has 3 saturated carbocycles. The molecule has 11 rings (SSSR count). The Labute approximate surface area is 318 Å². The number of likely N-dealkylation sites (tertiary alicyclic amines) is 1. The molecule has 3 aliphatic heterocycles. The van der Waals surface area contributed by atoms with Gasteiger partial charge in [-0.25, -0.2) is 9.37 Å². The van der Waals surface area contributed by atoms with E-state index in [1.54, 1.807) is 18.2 Å². The van der Waals surface area contributed by atoms with Gasteiger partial charge in [0.25, 0.3) is 0 Å². The van der Waals surface area contributed by atoms with E-state index in [1.807, 2.05) is 19.1 Å². The number of fused-ring (bicyclic) bond motifs is 4. The van der Waals surface area contributed by atoms with Crippen LogP contribution in [0.15, 0.2) is 54.6 Å². The predicted molar refractivity (Wildman–Crippen MR) is 205 cm³/mol. The average molecular weight is 749 g/mol. The summed E-state index contributed by atoms with van der Waals surface area (Å²) in [6, 6.07) is 20.4. The van der Waals surface area contributed by atoms with Crippen molar-refractivity contribution in [1.82, 2.24) is 19.8 Å². The van der Waals surface area contributed by atoms with Gasteiger partial charge in [-0.05, 0) is 98.7 Å². The number of carbonyl (C=O) groups excluding carboxylic acids is 1. The van der Waals surface area contributed by atoms with Crippen molar-refractivity contribution in [3.8, 4) is 22.9 Å². The Balaban J connectivity index is 1.16. The summed E-state index contributed by atoms with van der Waals surface area (Å²) in [5.74, 6) is 1.71. The fourth-order valence-electron chi connectivity index (χ4n) is 9.52. The van der Waals surface area contributed by atoms with Gasteiger partial charge in [0, 0.05) is 64.6 Å². The van der Waals surface area contributed by atoms with E-state index in [-0.39, 0.29) is 53.0 Å². The van der Waals surface area contributed by atoms with Crippen LogP contribution in [0.3, 0.4) is 0 Å². The number of aromatic nitrogens is 2. The molecule has 3 aliphatic carbocycles. The molecule has 270 valence electrons. The smallest absolute Gasteiger partial charge is 0.226 e. The van der Waals surface area contributed by atoms with Crippen molar-refractivity contribution in [3.05, 3.63) is 93.0 Å². The van der Waals surface area contributed by atoms with Gasteiger partial charge >= 0.3 is 0 Å². The Morgan fingerprint density at radius 2 is 1.91 bits per heavy atom. The fourth-order valence-corrected chi connectivity index (χ4v) is 9.92. The number of nitrogens with zero attached hydrogens (tertiary/aromatic N) is 4. The molecule has 5 atom stereocenters. The highest BCUT2D eigenvalue weighted by atomic mass is 35.5. The van der Waals surface area contributed by atoms with Crippen LogP contribution in [0.5, 0.6) is 5.75 Å². The van der Waals surface area contributed by atoms with Gasteiger partial charge in [-0.15, -0.1) is 0 Å². The second kappa shape index (κ2) is 12.7. The minimum atomic E-state index is -0.470. The zero-order valence-corrected chi connectivity index (χ0v) is 31.1. The van der Waals surface area contributed by atoms with Gasteiger partial charge in [-0.1, -0.05) is 47.5 Å². The second-order valence-corrected chi connectivity index (χ2v) is 16.7. The van der Waals surface area contributed by atoms with Crippen LogP contribution in [0.25, 0.3) is 32.9 Å². The normalized spacial score (nSPS) is 24.9. The molecular formula is C43H40Cl2FN5O2. The Hall–Kier alpha value is -4.16. The van der Waals surface area contributed by atoms with Crippen molar-refractivity contribution in [2.24, 2.45) is 11.8 Å². The first-order valence-electron chi connectivity index (χ1n) is 19.1. The maximum absolute atomic E-state index is 17.2. The third-order valence-electron chi connectivity index (χ3n) is 12.5. The first kappa shape index (κ1) is 33.4. The van der Waals surface area contributed by atoms with E-state index in [9.17, 15) is 10.1 Å². The Bertz CT molecular complexity index is 2360. The van der Waals surface area contributed by atoms with Gasteiger partial charge in [0.05, 0.1) is 40.3 Å². The van der Waals surface area contributed by atoms with Crippen molar-refractivity contribution in [3.63, 3.8) is 0 Å². The lowest BCUT2D eigenvalue weighted by Gasteiger charge is -2.39. The molecular weight excluding hydrogens is 708 g/mol. The second-order valence-electron chi connectivity index (χ2n) is 15.9. The van der Waals surface area contributed by atoms with Gasteiger partial charge in [0.1, 0.15) is 17.4 Å². The molecule has 3 aromatic carbocycles. The fraction of sp³-hybridized carbons (Fsp3) is 0.419. The molecule has 5 heterocycles. The number of aryl methyl sites for hydroxylation is 2. The maximum Gasteiger partial charge on any atom is 0.226 e. The monoisotopic (exact) mass is 747 g/mol. The van der Waals surface area contributed by atoms with Gasteiger partial charge in [0.2, 0.25) is 5.91 Å². The molecule has 6 fully saturated rings. The standard InChI is InChI=1S/C43H40Cl2FN5O2/c1-22-31-19-36(35-18-29(21-50(35)43(52)24-12-13-24)53-28-7-2-5-25(15-28)23-10-11-23)51(41-27-17-34(41)48-20-27)42(31)32-16-26(6-4-14-47)37(39(46)40(32)49-22)30-8-3-9-33(44)38(30)45/h2-3,5,7-9,15-16,19,23-24,27,29,34-35,41,48H,4,6,10-13,17-18,20-21H2,1H3/t27-,29+,34-,35-,41+/m1/s1. The maximum atomic E-state index is 17.2. The summed E-state index contributed by atoms with van der Waals surface area (Å²) in [5, 5.41) is 15.6.